The molecule has 126 valence electrons. The number of benzene rings is 1. The number of thiocarbonyl (C=S) groups is 1. The second kappa shape index (κ2) is 7.36. The van der Waals surface area contributed by atoms with E-state index in [1.165, 1.54) is 22.5 Å². The Morgan fingerprint density at radius 2 is 2.04 bits per heavy atom. The van der Waals surface area contributed by atoms with Crippen LogP contribution in [0.2, 0.25) is 5.02 Å². The molecule has 1 aromatic heterocycles. The first kappa shape index (κ1) is 17.0. The number of halogens is 1. The predicted octanol–water partition coefficient (Wildman–Crippen LogP) is 4.57. The minimum Gasteiger partial charge on any atom is -0.362 e. The number of nitrogens with zero attached hydrogens (tertiary/aromatic N) is 1. The summed E-state index contributed by atoms with van der Waals surface area (Å²) in [7, 11) is 0. The zero-order valence-corrected chi connectivity index (χ0v) is 15.4. The number of aromatic amines is 1. The van der Waals surface area contributed by atoms with Gasteiger partial charge in [-0.3, -0.25) is 5.43 Å². The first-order valence-corrected chi connectivity index (χ1v) is 8.97. The monoisotopic (exact) mass is 360 g/mol. The Morgan fingerprint density at radius 3 is 2.75 bits per heavy atom. The van der Waals surface area contributed by atoms with Gasteiger partial charge in [0, 0.05) is 27.7 Å². The third-order valence-corrected chi connectivity index (χ3v) is 4.72. The fraction of sp³-hybridized carbons (Fsp3) is 0.333. The number of hydrazone groups is 1. The Morgan fingerprint density at radius 1 is 1.29 bits per heavy atom. The first-order valence-electron chi connectivity index (χ1n) is 8.18. The van der Waals surface area contributed by atoms with Crippen LogP contribution in [0.25, 0.3) is 0 Å². The molecule has 0 saturated carbocycles. The minimum absolute atomic E-state index is 0.474. The molecule has 0 atom stereocenters. The maximum atomic E-state index is 5.89. The molecular weight excluding hydrogens is 340 g/mol. The lowest BCUT2D eigenvalue weighted by atomic mass is 9.91. The number of rotatable bonds is 3. The second-order valence-corrected chi connectivity index (χ2v) is 6.77. The van der Waals surface area contributed by atoms with Crippen molar-refractivity contribution in [1.82, 2.24) is 10.4 Å². The Labute approximate surface area is 152 Å². The molecule has 0 aliphatic heterocycles. The summed E-state index contributed by atoms with van der Waals surface area (Å²) in [6.07, 6.45) is 4.16. The van der Waals surface area contributed by atoms with Crippen molar-refractivity contribution < 1.29 is 0 Å². The number of H-pyrrole nitrogens is 1. The van der Waals surface area contributed by atoms with Crippen molar-refractivity contribution in [2.24, 2.45) is 5.10 Å². The van der Waals surface area contributed by atoms with Gasteiger partial charge in [-0.25, -0.2) is 0 Å². The summed E-state index contributed by atoms with van der Waals surface area (Å²) in [5.74, 6) is 0. The van der Waals surface area contributed by atoms with Gasteiger partial charge in [-0.15, -0.1) is 0 Å². The Kier molecular flexibility index (Phi) is 5.21. The summed E-state index contributed by atoms with van der Waals surface area (Å²) in [6.45, 7) is 4.32. The predicted molar refractivity (Wildman–Crippen MR) is 105 cm³/mol. The average Bonchev–Trinajstić information content (AvgIpc) is 2.90. The summed E-state index contributed by atoms with van der Waals surface area (Å²) in [6, 6.07) is 7.41. The molecule has 24 heavy (non-hydrogen) atoms. The first-order chi connectivity index (χ1) is 11.6. The molecule has 0 saturated heterocycles. The molecule has 0 radical (unpaired) electrons. The highest BCUT2D eigenvalue weighted by Crippen LogP contribution is 2.27. The zero-order valence-electron chi connectivity index (χ0n) is 13.9. The topological polar surface area (TPSA) is 52.2 Å². The van der Waals surface area contributed by atoms with Gasteiger partial charge in [0.15, 0.2) is 5.11 Å². The molecule has 1 heterocycles. The quantitative estimate of drug-likeness (QED) is 0.555. The normalized spacial score (nSPS) is 15.2. The lowest BCUT2D eigenvalue weighted by molar-refractivity contribution is 0.808. The van der Waals surface area contributed by atoms with E-state index in [0.717, 1.165) is 37.1 Å². The van der Waals surface area contributed by atoms with Gasteiger partial charge < -0.3 is 10.3 Å². The average molecular weight is 361 g/mol. The van der Waals surface area contributed by atoms with E-state index in [1.54, 1.807) is 0 Å². The number of fused-ring (bicyclic) bond motifs is 1. The van der Waals surface area contributed by atoms with Crippen LogP contribution in [-0.2, 0) is 12.8 Å². The minimum atomic E-state index is 0.474. The molecule has 0 unspecified atom stereocenters. The molecule has 1 aliphatic carbocycles. The van der Waals surface area contributed by atoms with Crippen molar-refractivity contribution >= 4 is 40.3 Å². The van der Waals surface area contributed by atoms with Gasteiger partial charge in [0.25, 0.3) is 0 Å². The lowest BCUT2D eigenvalue weighted by Gasteiger charge is -2.16. The molecular formula is C18H21ClN4S. The summed E-state index contributed by atoms with van der Waals surface area (Å²) >= 11 is 11.2. The van der Waals surface area contributed by atoms with E-state index in [-0.39, 0.29) is 0 Å². The van der Waals surface area contributed by atoms with Crippen molar-refractivity contribution in [3.63, 3.8) is 0 Å². The zero-order chi connectivity index (χ0) is 17.1. The summed E-state index contributed by atoms with van der Waals surface area (Å²) in [5.41, 5.74) is 10.1. The number of nitrogens with one attached hydrogen (secondary N) is 3. The molecule has 4 nitrogen and oxygen atoms in total. The molecule has 0 spiro atoms. The van der Waals surface area contributed by atoms with Crippen LogP contribution in [0.3, 0.4) is 0 Å². The van der Waals surface area contributed by atoms with Gasteiger partial charge >= 0.3 is 0 Å². The van der Waals surface area contributed by atoms with Gasteiger partial charge in [-0.2, -0.15) is 5.10 Å². The number of aromatic nitrogens is 1. The van der Waals surface area contributed by atoms with Crippen molar-refractivity contribution in [3.8, 4) is 0 Å². The Balaban J connectivity index is 1.74. The van der Waals surface area contributed by atoms with Crippen LogP contribution in [0.15, 0.2) is 29.4 Å². The van der Waals surface area contributed by atoms with Crippen molar-refractivity contribution in [1.29, 1.82) is 0 Å². The van der Waals surface area contributed by atoms with Crippen LogP contribution in [-0.4, -0.2) is 15.8 Å². The van der Waals surface area contributed by atoms with Gasteiger partial charge in [0.2, 0.25) is 0 Å². The van der Waals surface area contributed by atoms with Crippen LogP contribution in [0.5, 0.6) is 0 Å². The molecule has 2 aromatic rings. The highest BCUT2D eigenvalue weighted by atomic mass is 35.5. The molecule has 1 aliphatic rings. The van der Waals surface area contributed by atoms with Gasteiger partial charge in [0.05, 0.1) is 5.71 Å². The summed E-state index contributed by atoms with van der Waals surface area (Å²) < 4.78 is 0. The number of aryl methyl sites for hydroxylation is 2. The molecule has 0 fully saturated rings. The Hall–Kier alpha value is -1.85. The third-order valence-electron chi connectivity index (χ3n) is 4.27. The maximum Gasteiger partial charge on any atom is 0.191 e. The van der Waals surface area contributed by atoms with Crippen LogP contribution in [0, 0.1) is 6.92 Å². The van der Waals surface area contributed by atoms with E-state index in [0.29, 0.717) is 10.1 Å². The van der Waals surface area contributed by atoms with Gasteiger partial charge in [0.1, 0.15) is 0 Å². The molecule has 1 aromatic carbocycles. The highest BCUT2D eigenvalue weighted by Gasteiger charge is 2.22. The van der Waals surface area contributed by atoms with E-state index < -0.39 is 0 Å². The molecule has 6 heteroatoms. The van der Waals surface area contributed by atoms with E-state index in [1.807, 2.05) is 24.3 Å². The van der Waals surface area contributed by atoms with E-state index in [2.05, 4.69) is 34.7 Å². The molecule has 3 N–H and O–H groups in total. The molecule has 0 amide bonds. The lowest BCUT2D eigenvalue weighted by Crippen LogP contribution is -2.26. The largest absolute Gasteiger partial charge is 0.362 e. The standard InChI is InChI=1S/C18H21ClN4S/c1-3-14-11(2)20-15-5-4-6-16(17(14)15)22-23-18(24)21-13-9-7-12(19)8-10-13/h7-10,20H,3-6H2,1-2H3,(H2,21,23,24)/b22-16+. The molecule has 0 bridgehead atoms. The van der Waals surface area contributed by atoms with Gasteiger partial charge in [-0.1, -0.05) is 18.5 Å². The smallest absolute Gasteiger partial charge is 0.191 e. The fourth-order valence-electron chi connectivity index (χ4n) is 3.19. The number of hydrogen-bond acceptors (Lipinski definition) is 2. The van der Waals surface area contributed by atoms with Crippen molar-refractivity contribution in [2.45, 2.75) is 39.5 Å². The van der Waals surface area contributed by atoms with Crippen LogP contribution >= 0.6 is 23.8 Å². The van der Waals surface area contributed by atoms with Crippen molar-refractivity contribution in [3.05, 3.63) is 51.8 Å². The number of anilines is 1. The van der Waals surface area contributed by atoms with Crippen molar-refractivity contribution in [2.75, 3.05) is 5.32 Å². The summed E-state index contributed by atoms with van der Waals surface area (Å²) in [5, 5.41) is 8.86. The fourth-order valence-corrected chi connectivity index (χ4v) is 3.48. The van der Waals surface area contributed by atoms with E-state index >= 15 is 0 Å². The Bertz CT molecular complexity index is 777. The third kappa shape index (κ3) is 3.62. The number of hydrogen-bond donors (Lipinski definition) is 3. The second-order valence-electron chi connectivity index (χ2n) is 5.92. The van der Waals surface area contributed by atoms with Gasteiger partial charge in [-0.05, 0) is 74.7 Å². The van der Waals surface area contributed by atoms with Crippen LogP contribution in [0.1, 0.15) is 42.3 Å². The maximum absolute atomic E-state index is 5.89. The van der Waals surface area contributed by atoms with Crippen LogP contribution in [0.4, 0.5) is 5.69 Å². The summed E-state index contributed by atoms with van der Waals surface area (Å²) in [4.78, 5) is 3.51. The van der Waals surface area contributed by atoms with Crippen LogP contribution < -0.4 is 10.7 Å². The van der Waals surface area contributed by atoms with E-state index in [9.17, 15) is 0 Å². The molecule has 3 rings (SSSR count). The van der Waals surface area contributed by atoms with E-state index in [4.69, 9.17) is 23.8 Å². The SMILES string of the molecule is CCc1c(C)[nH]c2c1/C(=N/NC(=S)Nc1ccc(Cl)cc1)CCC2. The highest BCUT2D eigenvalue weighted by molar-refractivity contribution is 7.80.